The van der Waals surface area contributed by atoms with Gasteiger partial charge < -0.3 is 34.2 Å². The van der Waals surface area contributed by atoms with Crippen LogP contribution in [-0.4, -0.2) is 131 Å². The summed E-state index contributed by atoms with van der Waals surface area (Å²) in [5.41, 5.74) is 6.52. The van der Waals surface area contributed by atoms with Gasteiger partial charge in [-0.3, -0.25) is 33.6 Å². The van der Waals surface area contributed by atoms with Crippen LogP contribution in [-0.2, 0) is 23.9 Å². The molecule has 0 saturated carbocycles. The number of carboxylic acids is 1. The van der Waals surface area contributed by atoms with Gasteiger partial charge in [-0.2, -0.15) is 0 Å². The van der Waals surface area contributed by atoms with Crippen LogP contribution in [0.15, 0.2) is 160 Å². The van der Waals surface area contributed by atoms with E-state index in [1.54, 1.807) is 71.4 Å². The second-order valence-corrected chi connectivity index (χ2v) is 20.2. The summed E-state index contributed by atoms with van der Waals surface area (Å²) in [5, 5.41) is 8.55. The summed E-state index contributed by atoms with van der Waals surface area (Å²) in [6.07, 6.45) is 7.03. The number of allylic oxidation sites excluding steroid dienone is 3. The number of ether oxygens (including phenoxy) is 2. The summed E-state index contributed by atoms with van der Waals surface area (Å²) in [5.74, 6) is -0.0861. The zero-order valence-corrected chi connectivity index (χ0v) is 47.1. The van der Waals surface area contributed by atoms with Crippen molar-refractivity contribution >= 4 is 73.0 Å². The number of methoxy groups -OCH3 is 2. The van der Waals surface area contributed by atoms with Gasteiger partial charge in [0.15, 0.2) is 17.1 Å². The molecule has 5 aromatic rings. The topological polar surface area (TPSA) is 171 Å². The van der Waals surface area contributed by atoms with Gasteiger partial charge in [0.05, 0.1) is 32.3 Å². The van der Waals surface area contributed by atoms with E-state index in [4.69, 9.17) is 14.6 Å². The number of Topliss-reactive ketones (excluding diaryl/α,β-unsaturated/α-hetero) is 2. The number of nitrogens with zero attached hydrogens (tertiary/aromatic N) is 4. The molecule has 16 heteroatoms. The minimum absolute atomic E-state index is 0.0150. The van der Waals surface area contributed by atoms with Crippen LogP contribution < -0.4 is 4.74 Å². The third kappa shape index (κ3) is 16.2. The number of carboxylic acid groups (broad SMARTS) is 1. The van der Waals surface area contributed by atoms with E-state index in [-0.39, 0.29) is 73.0 Å². The maximum Gasteiger partial charge on any atom is 0.303 e. The Balaban J connectivity index is 0.000000201. The standard InChI is InChI=1S/C29H29BrN2O4.C16H20BrN2O3.C16H14O3/c1-20-19-31(16-17-32(20)29(35)25-18-24(36-2)12-13-26(25)30)28(34)15-14-27(33)23-10-8-22(9-11-23)21-6-4-3-5-7-21;1-4-15(20)18-7-8-19(11(2)10-18)16(21)13-9-12(22-3)5-6-14(13)17;17-15(10-11-16(18)19)14-8-6-13(7-9-14)12-4-2-1-3-5-12/h3-13,18,20H,14-17,19H2,1-2H3;6,9,11H,4,7-8,10H2,1-3H3;1-9H,10-11H2,(H,18,19)/q;+1;. The molecule has 5 aromatic carbocycles. The van der Waals surface area contributed by atoms with Crippen molar-refractivity contribution < 1.29 is 48.1 Å². The maximum absolute atomic E-state index is 13.2. The largest absolute Gasteiger partial charge is 0.497 e. The highest BCUT2D eigenvalue weighted by Crippen LogP contribution is 2.28. The lowest BCUT2D eigenvalue weighted by molar-refractivity contribution is -0.139. The van der Waals surface area contributed by atoms with Gasteiger partial charge in [-0.15, -0.1) is 0 Å². The number of carbonyl (C=O) groups excluding carboxylic acids is 6. The Labute approximate surface area is 467 Å². The maximum atomic E-state index is 13.2. The van der Waals surface area contributed by atoms with E-state index >= 15 is 0 Å². The van der Waals surface area contributed by atoms with E-state index in [0.29, 0.717) is 88.4 Å². The van der Waals surface area contributed by atoms with Crippen molar-refractivity contribution in [3.05, 3.63) is 183 Å². The predicted molar refractivity (Wildman–Crippen MR) is 303 cm³/mol. The summed E-state index contributed by atoms with van der Waals surface area (Å²) >= 11 is 6.85. The van der Waals surface area contributed by atoms with Crippen molar-refractivity contribution in [2.75, 3.05) is 53.5 Å². The zero-order valence-electron chi connectivity index (χ0n) is 43.9. The first-order valence-electron chi connectivity index (χ1n) is 25.4. The summed E-state index contributed by atoms with van der Waals surface area (Å²) < 4.78 is 11.8. The highest BCUT2D eigenvalue weighted by Gasteiger charge is 2.35. The smallest absolute Gasteiger partial charge is 0.303 e. The number of amides is 4. The Morgan fingerprint density at radius 3 is 1.53 bits per heavy atom. The summed E-state index contributed by atoms with van der Waals surface area (Å²) in [4.78, 5) is 92.6. The fourth-order valence-corrected chi connectivity index (χ4v) is 9.70. The molecular formula is C61H63Br2N4O10+. The molecular weight excluding hydrogens is 1110 g/mol. The normalized spacial score (nSPS) is 15.9. The molecule has 0 spiro atoms. The first kappa shape index (κ1) is 58.7. The second kappa shape index (κ2) is 28.6. The molecule has 2 heterocycles. The number of benzene rings is 5. The molecule has 0 aromatic heterocycles. The Morgan fingerprint density at radius 1 is 0.584 bits per heavy atom. The van der Waals surface area contributed by atoms with Crippen LogP contribution in [0, 0.1) is 6.08 Å². The molecule has 8 rings (SSSR count). The van der Waals surface area contributed by atoms with Crippen LogP contribution in [0.2, 0.25) is 0 Å². The highest BCUT2D eigenvalue weighted by atomic mass is 79.9. The molecule has 14 nitrogen and oxygen atoms in total. The van der Waals surface area contributed by atoms with Crippen LogP contribution >= 0.6 is 31.9 Å². The number of hydrogen-bond donors (Lipinski definition) is 1. The average Bonchev–Trinajstić information content (AvgIpc) is 3.46. The Morgan fingerprint density at radius 2 is 1.06 bits per heavy atom. The molecule has 0 radical (unpaired) electrons. The third-order valence-corrected chi connectivity index (χ3v) is 14.6. The fourth-order valence-electron chi connectivity index (χ4n) is 8.88. The number of aliphatic carboxylic acids is 1. The van der Waals surface area contributed by atoms with Gasteiger partial charge in [0.1, 0.15) is 22.4 Å². The first-order chi connectivity index (χ1) is 37.0. The fraction of sp³-hybridized carbons (Fsp3) is 0.295. The van der Waals surface area contributed by atoms with Crippen LogP contribution in [0.3, 0.4) is 0 Å². The second-order valence-electron chi connectivity index (χ2n) is 18.5. The number of hydrogen-bond acceptors (Lipinski definition) is 9. The molecule has 2 atom stereocenters. The number of piperazine rings is 2. The monoisotopic (exact) mass is 1170 g/mol. The minimum atomic E-state index is -0.950. The first-order valence-corrected chi connectivity index (χ1v) is 27.0. The van der Waals surface area contributed by atoms with Crippen LogP contribution in [0.4, 0.5) is 0 Å². The van der Waals surface area contributed by atoms with E-state index in [9.17, 15) is 33.6 Å². The molecule has 3 aliphatic rings. The SMILES string of the molecule is CCC(=O)N1CCN(C(=O)C2=C(Br)C=[C+]C(OC)=C2)C(C)C1.COc1ccc(Br)c(C(=O)N2CCN(C(=O)CCC(=O)c3ccc(-c4ccccc4)cc3)CC2C)c1.O=C(O)CCC(=O)c1ccc(-c2ccccc2)cc1. The summed E-state index contributed by atoms with van der Waals surface area (Å²) in [6.45, 7) is 8.76. The number of carbonyl (C=O) groups is 7. The summed E-state index contributed by atoms with van der Waals surface area (Å²) in [6, 6.07) is 39.7. The van der Waals surface area contributed by atoms with E-state index in [1.807, 2.05) is 123 Å². The van der Waals surface area contributed by atoms with Crippen molar-refractivity contribution in [1.82, 2.24) is 19.6 Å². The van der Waals surface area contributed by atoms with Crippen LogP contribution in [0.5, 0.6) is 5.75 Å². The van der Waals surface area contributed by atoms with Crippen molar-refractivity contribution in [2.24, 2.45) is 0 Å². The van der Waals surface area contributed by atoms with Gasteiger partial charge in [0.2, 0.25) is 11.8 Å². The Bertz CT molecular complexity index is 3000. The van der Waals surface area contributed by atoms with Gasteiger partial charge in [-0.1, -0.05) is 116 Å². The predicted octanol–water partition coefficient (Wildman–Crippen LogP) is 10.9. The van der Waals surface area contributed by atoms with E-state index in [1.165, 1.54) is 0 Å². The van der Waals surface area contributed by atoms with Crippen molar-refractivity contribution in [3.63, 3.8) is 0 Å². The van der Waals surface area contributed by atoms with Crippen LogP contribution in [0.1, 0.15) is 83.9 Å². The molecule has 2 saturated heterocycles. The van der Waals surface area contributed by atoms with Crippen molar-refractivity contribution in [3.8, 4) is 28.0 Å². The average molecular weight is 1170 g/mol. The molecule has 0 bridgehead atoms. The Kier molecular flexibility index (Phi) is 21.8. The van der Waals surface area contributed by atoms with Gasteiger partial charge in [0, 0.05) is 109 Å². The van der Waals surface area contributed by atoms with Crippen LogP contribution in [0.25, 0.3) is 22.3 Å². The van der Waals surface area contributed by atoms with Gasteiger partial charge in [0.25, 0.3) is 17.6 Å². The van der Waals surface area contributed by atoms with Crippen molar-refractivity contribution in [2.45, 2.75) is 65.0 Å². The van der Waals surface area contributed by atoms with Gasteiger partial charge in [-0.05, 0) is 70.2 Å². The number of rotatable bonds is 15. The molecule has 77 heavy (non-hydrogen) atoms. The van der Waals surface area contributed by atoms with Gasteiger partial charge in [-0.25, -0.2) is 0 Å². The minimum Gasteiger partial charge on any atom is -0.497 e. The number of halogens is 2. The van der Waals surface area contributed by atoms with E-state index in [2.05, 4.69) is 37.9 Å². The van der Waals surface area contributed by atoms with E-state index < -0.39 is 5.97 Å². The highest BCUT2D eigenvalue weighted by molar-refractivity contribution is 9.12. The lowest BCUT2D eigenvalue weighted by atomic mass is 10.0. The molecule has 2 fully saturated rings. The van der Waals surface area contributed by atoms with E-state index in [0.717, 1.165) is 22.3 Å². The third-order valence-electron chi connectivity index (χ3n) is 13.3. The molecule has 400 valence electrons. The summed E-state index contributed by atoms with van der Waals surface area (Å²) in [7, 11) is 3.11. The molecule has 1 aliphatic carbocycles. The molecule has 2 unspecified atom stereocenters. The van der Waals surface area contributed by atoms with Crippen molar-refractivity contribution in [1.29, 1.82) is 0 Å². The lowest BCUT2D eigenvalue weighted by Gasteiger charge is -2.40. The molecule has 1 N–H and O–H groups in total. The quantitative estimate of drug-likeness (QED) is 0.0786. The molecule has 4 amide bonds. The van der Waals surface area contributed by atoms with Gasteiger partial charge >= 0.3 is 5.97 Å². The lowest BCUT2D eigenvalue weighted by Crippen LogP contribution is -2.55. The Hall–Kier alpha value is -7.52. The molecule has 2 aliphatic heterocycles. The zero-order chi connectivity index (χ0) is 55.6. The number of ketones is 2.